The fraction of sp³-hybridized carbons (Fsp3) is 0.514. The van der Waals surface area contributed by atoms with Crippen molar-refractivity contribution in [2.24, 2.45) is 22.7 Å². The van der Waals surface area contributed by atoms with Crippen molar-refractivity contribution >= 4 is 35.7 Å². The Morgan fingerprint density at radius 3 is 2.11 bits per heavy atom. The van der Waals surface area contributed by atoms with Gasteiger partial charge in [-0.05, 0) is 40.7 Å². The van der Waals surface area contributed by atoms with Gasteiger partial charge in [-0.2, -0.15) is 0 Å². The Bertz CT molecular complexity index is 1450. The zero-order valence-electron chi connectivity index (χ0n) is 26.8. The monoisotopic (exact) mass is 622 g/mol. The van der Waals surface area contributed by atoms with Crippen LogP contribution in [-0.4, -0.2) is 65.3 Å². The second-order valence-corrected chi connectivity index (χ2v) is 13.0. The van der Waals surface area contributed by atoms with Crippen molar-refractivity contribution in [2.45, 2.75) is 91.8 Å². The van der Waals surface area contributed by atoms with Gasteiger partial charge in [0.2, 0.25) is 0 Å². The predicted molar refractivity (Wildman–Crippen MR) is 163 cm³/mol. The van der Waals surface area contributed by atoms with Crippen LogP contribution in [0.5, 0.6) is 0 Å². The van der Waals surface area contributed by atoms with Crippen LogP contribution in [-0.2, 0) is 42.9 Å². The van der Waals surface area contributed by atoms with E-state index in [4.69, 9.17) is 18.9 Å². The zero-order chi connectivity index (χ0) is 33.4. The summed E-state index contributed by atoms with van der Waals surface area (Å²) < 4.78 is 23.7. The van der Waals surface area contributed by atoms with Gasteiger partial charge in [0.25, 0.3) is 0 Å². The summed E-state index contributed by atoms with van der Waals surface area (Å²) in [6, 6.07) is 9.15. The maximum absolute atomic E-state index is 13.4. The summed E-state index contributed by atoms with van der Waals surface area (Å²) in [5.41, 5.74) is -0.581. The molecule has 0 unspecified atom stereocenters. The summed E-state index contributed by atoms with van der Waals surface area (Å²) in [4.78, 5) is 64.4. The van der Waals surface area contributed by atoms with Crippen LogP contribution < -0.4 is 0 Å². The average molecular weight is 623 g/mol. The maximum atomic E-state index is 13.4. The smallest absolute Gasteiger partial charge is 0.331 e. The van der Waals surface area contributed by atoms with E-state index in [9.17, 15) is 29.1 Å². The first-order valence-electron chi connectivity index (χ1n) is 15.1. The number of aliphatic hydroxyl groups is 1. The predicted octanol–water partition coefficient (Wildman–Crippen LogP) is 4.30. The summed E-state index contributed by atoms with van der Waals surface area (Å²) >= 11 is 0. The quantitative estimate of drug-likeness (QED) is 0.211. The number of rotatable bonds is 6. The molecule has 0 amide bonds. The number of benzene rings is 1. The highest BCUT2D eigenvalue weighted by Gasteiger charge is 2.67. The van der Waals surface area contributed by atoms with Gasteiger partial charge in [0.1, 0.15) is 30.5 Å². The molecule has 10 heteroatoms. The second-order valence-electron chi connectivity index (χ2n) is 13.0. The molecule has 1 aromatic carbocycles. The van der Waals surface area contributed by atoms with Gasteiger partial charge in [0.05, 0.1) is 5.41 Å². The highest BCUT2D eigenvalue weighted by molar-refractivity contribution is 5.97. The highest BCUT2D eigenvalue weighted by Crippen LogP contribution is 2.60. The number of allylic oxidation sites excluding steroid dienone is 1. The molecular weight excluding hydrogens is 580 g/mol. The van der Waals surface area contributed by atoms with Gasteiger partial charge in [0.15, 0.2) is 5.78 Å². The Kier molecular flexibility index (Phi) is 9.59. The fourth-order valence-corrected chi connectivity index (χ4v) is 7.74. The molecule has 10 nitrogen and oxygen atoms in total. The third-order valence-corrected chi connectivity index (χ3v) is 9.75. The number of ketones is 1. The number of aliphatic hydroxyl groups excluding tert-OH is 1. The van der Waals surface area contributed by atoms with Gasteiger partial charge >= 0.3 is 23.9 Å². The zero-order valence-corrected chi connectivity index (χ0v) is 26.8. The van der Waals surface area contributed by atoms with E-state index in [0.717, 1.165) is 5.56 Å². The van der Waals surface area contributed by atoms with Gasteiger partial charge in [0, 0.05) is 51.5 Å². The van der Waals surface area contributed by atoms with Gasteiger partial charge < -0.3 is 24.1 Å². The van der Waals surface area contributed by atoms with Crippen LogP contribution in [0.4, 0.5) is 0 Å². The summed E-state index contributed by atoms with van der Waals surface area (Å²) in [6.45, 7) is 15.0. The topological polar surface area (TPSA) is 143 Å². The van der Waals surface area contributed by atoms with Gasteiger partial charge in [-0.15, -0.1) is 0 Å². The number of ether oxygens (including phenoxy) is 4. The average Bonchev–Trinajstić information content (AvgIpc) is 2.94. The lowest BCUT2D eigenvalue weighted by molar-refractivity contribution is -0.224. The molecule has 45 heavy (non-hydrogen) atoms. The Hall–Kier alpha value is -4.05. The van der Waals surface area contributed by atoms with Crippen LogP contribution in [0.3, 0.4) is 0 Å². The molecule has 2 saturated carbocycles. The minimum absolute atomic E-state index is 0.00636. The molecule has 2 fully saturated rings. The summed E-state index contributed by atoms with van der Waals surface area (Å²) in [5.74, 6) is -4.60. The number of carbonyl (C=O) groups excluding carboxylic acids is 5. The van der Waals surface area contributed by atoms with E-state index in [0.29, 0.717) is 16.7 Å². The molecule has 0 spiro atoms. The SMILES string of the molecule is C=C1[C@@H](OC(=O)/C=C\c2ccccc2)C[C@H](OC(C)=O)[C@@]2(C)[C@@H](OC(C)=O)[C@H](O)C3=C(C)C(=O)C[C@H]([C@@H](OC(C)=O)[C@H]12)C3(C)C. The molecule has 0 saturated heterocycles. The first kappa shape index (κ1) is 33.8. The first-order valence-corrected chi connectivity index (χ1v) is 15.1. The molecule has 0 radical (unpaired) electrons. The van der Waals surface area contributed by atoms with Crippen molar-refractivity contribution < 1.29 is 48.0 Å². The molecule has 3 aliphatic carbocycles. The van der Waals surface area contributed by atoms with Crippen LogP contribution in [0.1, 0.15) is 66.9 Å². The second kappa shape index (κ2) is 12.7. The van der Waals surface area contributed by atoms with Crippen LogP contribution in [0.15, 0.2) is 59.7 Å². The van der Waals surface area contributed by atoms with E-state index in [1.165, 1.54) is 26.8 Å². The van der Waals surface area contributed by atoms with Crippen LogP contribution in [0.2, 0.25) is 0 Å². The molecule has 8 atom stereocenters. The molecule has 242 valence electrons. The molecule has 1 aromatic rings. The number of esters is 4. The first-order chi connectivity index (χ1) is 21.0. The minimum Gasteiger partial charge on any atom is -0.462 e. The third-order valence-electron chi connectivity index (χ3n) is 9.75. The Labute approximate surface area is 263 Å². The number of fused-ring (bicyclic) bond motifs is 3. The molecule has 1 N–H and O–H groups in total. The van der Waals surface area contributed by atoms with E-state index in [-0.39, 0.29) is 18.6 Å². The maximum Gasteiger partial charge on any atom is 0.331 e. The molecule has 3 aliphatic rings. The van der Waals surface area contributed by atoms with E-state index >= 15 is 0 Å². The Morgan fingerprint density at radius 2 is 1.53 bits per heavy atom. The fourth-order valence-electron chi connectivity index (χ4n) is 7.74. The Morgan fingerprint density at radius 1 is 0.933 bits per heavy atom. The lowest BCUT2D eigenvalue weighted by Crippen LogP contribution is -2.67. The van der Waals surface area contributed by atoms with E-state index in [1.807, 2.05) is 44.2 Å². The highest BCUT2D eigenvalue weighted by atomic mass is 16.6. The minimum atomic E-state index is -1.49. The van der Waals surface area contributed by atoms with Gasteiger partial charge in [-0.1, -0.05) is 57.7 Å². The van der Waals surface area contributed by atoms with Crippen molar-refractivity contribution in [3.63, 3.8) is 0 Å². The summed E-state index contributed by atoms with van der Waals surface area (Å²) in [5, 5.41) is 12.1. The van der Waals surface area contributed by atoms with E-state index in [2.05, 4.69) is 6.58 Å². The summed E-state index contributed by atoms with van der Waals surface area (Å²) in [7, 11) is 0. The lowest BCUT2D eigenvalue weighted by Gasteiger charge is -2.60. The number of hydrogen-bond donors (Lipinski definition) is 1. The largest absolute Gasteiger partial charge is 0.462 e. The van der Waals surface area contributed by atoms with Crippen molar-refractivity contribution in [1.29, 1.82) is 0 Å². The van der Waals surface area contributed by atoms with Crippen LogP contribution in [0, 0.1) is 22.7 Å². The van der Waals surface area contributed by atoms with Crippen molar-refractivity contribution in [1.82, 2.24) is 0 Å². The Balaban J connectivity index is 1.92. The molecule has 2 bridgehead atoms. The molecule has 4 rings (SSSR count). The van der Waals surface area contributed by atoms with Crippen LogP contribution >= 0.6 is 0 Å². The van der Waals surface area contributed by atoms with Crippen molar-refractivity contribution in [2.75, 3.05) is 0 Å². The van der Waals surface area contributed by atoms with E-state index < -0.39 is 77.1 Å². The van der Waals surface area contributed by atoms with Crippen molar-refractivity contribution in [3.8, 4) is 0 Å². The number of hydrogen-bond acceptors (Lipinski definition) is 10. The van der Waals surface area contributed by atoms with Crippen molar-refractivity contribution in [3.05, 3.63) is 65.3 Å². The third kappa shape index (κ3) is 6.38. The summed E-state index contributed by atoms with van der Waals surface area (Å²) in [6.07, 6.45) is -3.25. The molecule has 0 aromatic heterocycles. The van der Waals surface area contributed by atoms with Gasteiger partial charge in [-0.25, -0.2) is 4.79 Å². The van der Waals surface area contributed by atoms with Crippen LogP contribution in [0.25, 0.3) is 6.08 Å². The lowest BCUT2D eigenvalue weighted by atomic mass is 9.48. The van der Waals surface area contributed by atoms with E-state index in [1.54, 1.807) is 19.9 Å². The molecular formula is C35H42O10. The molecule has 0 aliphatic heterocycles. The molecule has 0 heterocycles. The standard InChI is InChI=1S/C35H42O10/c1-18-25(39)16-24-32(43-21(4)37)30-19(2)26(45-28(40)15-14-23-12-10-9-11-13-23)17-27(42-20(3)36)35(30,8)33(44-22(5)38)31(41)29(18)34(24,6)7/h9-15,24,26-27,30-33,41H,2,16-17H2,1,3-8H3/b15-14-/t24-,26+,27+,30+,31-,32-,33+,35-/m1/s1. The normalized spacial score (nSPS) is 32.6. The number of Topliss-reactive ketones (excluding diaryl/α,β-unsaturated/α-hetero) is 1. The number of carbonyl (C=O) groups is 5. The van der Waals surface area contributed by atoms with Gasteiger partial charge in [-0.3, -0.25) is 19.2 Å².